The van der Waals surface area contributed by atoms with Crippen molar-refractivity contribution in [2.45, 2.75) is 25.7 Å². The van der Waals surface area contributed by atoms with Gasteiger partial charge in [-0.2, -0.15) is 0 Å². The number of carbonyl (C=O) groups is 1. The van der Waals surface area contributed by atoms with Crippen LogP contribution in [0.2, 0.25) is 0 Å². The predicted molar refractivity (Wildman–Crippen MR) is 43.1 cm³/mol. The topological polar surface area (TPSA) is 29.1 Å². The number of alkyl halides is 2. The maximum Gasteiger partial charge on any atom is 0.238 e. The number of carbonyl (C=O) groups excluding carboxylic acids is 1. The molecule has 0 rings (SSSR count). The molecule has 0 saturated heterocycles. The lowest BCUT2D eigenvalue weighted by atomic mass is 10.2. The minimum absolute atomic E-state index is 0.165. The van der Waals surface area contributed by atoms with E-state index in [1.165, 1.54) is 0 Å². The van der Waals surface area contributed by atoms with Crippen LogP contribution in [0.4, 0.5) is 8.78 Å². The molecule has 0 unspecified atom stereocenters. The van der Waals surface area contributed by atoms with Crippen molar-refractivity contribution < 1.29 is 13.6 Å². The van der Waals surface area contributed by atoms with E-state index in [0.29, 0.717) is 6.54 Å². The van der Waals surface area contributed by atoms with E-state index < -0.39 is 6.43 Å². The van der Waals surface area contributed by atoms with Crippen molar-refractivity contribution in [2.75, 3.05) is 6.54 Å². The van der Waals surface area contributed by atoms with E-state index in [-0.39, 0.29) is 25.2 Å². The Morgan fingerprint density at radius 3 is 2.75 bits per heavy atom. The molecular formula is C8H13F2NO. The largest absolute Gasteiger partial charge is 0.353 e. The highest BCUT2D eigenvalue weighted by Gasteiger charge is 2.04. The summed E-state index contributed by atoms with van der Waals surface area (Å²) in [5, 5.41) is 2.50. The third-order valence-electron chi connectivity index (χ3n) is 1.27. The van der Waals surface area contributed by atoms with Crippen molar-refractivity contribution in [3.63, 3.8) is 0 Å². The molecule has 0 spiro atoms. The maximum atomic E-state index is 11.6. The van der Waals surface area contributed by atoms with Gasteiger partial charge in [0.1, 0.15) is 0 Å². The highest BCUT2D eigenvalue weighted by molar-refractivity contribution is 5.75. The minimum Gasteiger partial charge on any atom is -0.353 e. The lowest BCUT2D eigenvalue weighted by molar-refractivity contribution is -0.121. The minimum atomic E-state index is -2.31. The Kier molecular flexibility index (Phi) is 6.24. The normalized spacial score (nSPS) is 9.92. The molecule has 0 aromatic rings. The number of rotatable bonds is 6. The summed E-state index contributed by atoms with van der Waals surface area (Å²) in [6.07, 6.45) is -0.567. The molecule has 0 aliphatic heterocycles. The molecule has 12 heavy (non-hydrogen) atoms. The van der Waals surface area contributed by atoms with Gasteiger partial charge in [-0.15, -0.1) is 6.58 Å². The first-order valence-electron chi connectivity index (χ1n) is 3.82. The monoisotopic (exact) mass is 177 g/mol. The maximum absolute atomic E-state index is 11.6. The molecule has 0 fully saturated rings. The Bertz CT molecular complexity index is 148. The number of hydrogen-bond acceptors (Lipinski definition) is 1. The predicted octanol–water partition coefficient (Wildman–Crippen LogP) is 1.72. The highest BCUT2D eigenvalue weighted by atomic mass is 19.3. The van der Waals surface area contributed by atoms with E-state index in [9.17, 15) is 13.6 Å². The van der Waals surface area contributed by atoms with Gasteiger partial charge in [0.2, 0.25) is 12.3 Å². The molecule has 0 aromatic carbocycles. The van der Waals surface area contributed by atoms with Crippen LogP contribution in [0.1, 0.15) is 19.3 Å². The molecule has 0 saturated carbocycles. The van der Waals surface area contributed by atoms with Crippen LogP contribution in [0.3, 0.4) is 0 Å². The molecule has 1 amide bonds. The van der Waals surface area contributed by atoms with Gasteiger partial charge in [-0.05, 0) is 6.42 Å². The van der Waals surface area contributed by atoms with Gasteiger partial charge < -0.3 is 5.32 Å². The van der Waals surface area contributed by atoms with E-state index >= 15 is 0 Å². The van der Waals surface area contributed by atoms with E-state index in [4.69, 9.17) is 0 Å². The highest BCUT2D eigenvalue weighted by Crippen LogP contribution is 2.04. The fraction of sp³-hybridized carbons (Fsp3) is 0.625. The third kappa shape index (κ3) is 7.18. The van der Waals surface area contributed by atoms with Crippen molar-refractivity contribution in [2.24, 2.45) is 0 Å². The quantitative estimate of drug-likeness (QED) is 0.615. The Labute approximate surface area is 70.6 Å². The molecule has 0 heterocycles. The second kappa shape index (κ2) is 6.76. The van der Waals surface area contributed by atoms with Gasteiger partial charge in [0.15, 0.2) is 0 Å². The van der Waals surface area contributed by atoms with Gasteiger partial charge in [0.05, 0.1) is 0 Å². The zero-order chi connectivity index (χ0) is 9.40. The van der Waals surface area contributed by atoms with Gasteiger partial charge in [0.25, 0.3) is 0 Å². The lowest BCUT2D eigenvalue weighted by Crippen LogP contribution is -2.22. The van der Waals surface area contributed by atoms with E-state index in [0.717, 1.165) is 0 Å². The first-order chi connectivity index (χ1) is 5.66. The lowest BCUT2D eigenvalue weighted by Gasteiger charge is -2.01. The first-order valence-corrected chi connectivity index (χ1v) is 3.82. The molecule has 1 N–H and O–H groups in total. The van der Waals surface area contributed by atoms with Gasteiger partial charge in [-0.1, -0.05) is 6.08 Å². The first kappa shape index (κ1) is 11.1. The molecule has 70 valence electrons. The second-order valence-corrected chi connectivity index (χ2v) is 2.38. The molecule has 4 heteroatoms. The van der Waals surface area contributed by atoms with Crippen LogP contribution in [-0.4, -0.2) is 18.9 Å². The standard InChI is InChI=1S/C8H13F2NO/c1-2-6-11-8(12)5-3-4-7(9)10/h2,7H,1,3-6H2,(H,11,12). The SMILES string of the molecule is C=CCNC(=O)CCCC(F)F. The van der Waals surface area contributed by atoms with E-state index in [1.807, 2.05) is 0 Å². The zero-order valence-electron chi connectivity index (χ0n) is 6.85. The average molecular weight is 177 g/mol. The Morgan fingerprint density at radius 2 is 2.25 bits per heavy atom. The Morgan fingerprint density at radius 1 is 1.58 bits per heavy atom. The molecule has 0 atom stereocenters. The molecule has 0 radical (unpaired) electrons. The van der Waals surface area contributed by atoms with Crippen LogP contribution < -0.4 is 5.32 Å². The fourth-order valence-electron chi connectivity index (χ4n) is 0.691. The third-order valence-corrected chi connectivity index (χ3v) is 1.27. The van der Waals surface area contributed by atoms with Crippen molar-refractivity contribution >= 4 is 5.91 Å². The van der Waals surface area contributed by atoms with E-state index in [1.54, 1.807) is 6.08 Å². The smallest absolute Gasteiger partial charge is 0.238 e. The Hall–Kier alpha value is -0.930. The van der Waals surface area contributed by atoms with Crippen molar-refractivity contribution in [1.82, 2.24) is 5.32 Å². The number of nitrogens with one attached hydrogen (secondary N) is 1. The van der Waals surface area contributed by atoms with E-state index in [2.05, 4.69) is 11.9 Å². The molecular weight excluding hydrogens is 164 g/mol. The summed E-state index contributed by atoms with van der Waals surface area (Å²) in [7, 11) is 0. The Balaban J connectivity index is 3.25. The van der Waals surface area contributed by atoms with Gasteiger partial charge in [-0.3, -0.25) is 4.79 Å². The summed E-state index contributed by atoms with van der Waals surface area (Å²) in [6, 6.07) is 0. The number of amides is 1. The van der Waals surface area contributed by atoms with Crippen molar-refractivity contribution in [1.29, 1.82) is 0 Å². The van der Waals surface area contributed by atoms with Gasteiger partial charge >= 0.3 is 0 Å². The summed E-state index contributed by atoms with van der Waals surface area (Å²) in [4.78, 5) is 10.8. The molecule has 0 aromatic heterocycles. The number of hydrogen-bond donors (Lipinski definition) is 1. The molecule has 2 nitrogen and oxygen atoms in total. The summed E-state index contributed by atoms with van der Waals surface area (Å²) in [5.74, 6) is -0.199. The summed E-state index contributed by atoms with van der Waals surface area (Å²) in [6.45, 7) is 3.80. The average Bonchev–Trinajstić information content (AvgIpc) is 2.00. The van der Waals surface area contributed by atoms with Gasteiger partial charge in [0, 0.05) is 19.4 Å². The van der Waals surface area contributed by atoms with Crippen molar-refractivity contribution in [3.8, 4) is 0 Å². The molecule has 0 bridgehead atoms. The van der Waals surface area contributed by atoms with Crippen LogP contribution in [0.25, 0.3) is 0 Å². The fourth-order valence-corrected chi connectivity index (χ4v) is 0.691. The van der Waals surface area contributed by atoms with Crippen LogP contribution in [0, 0.1) is 0 Å². The summed E-state index contributed by atoms with van der Waals surface area (Å²) >= 11 is 0. The number of halogens is 2. The summed E-state index contributed by atoms with van der Waals surface area (Å²) < 4.78 is 23.2. The van der Waals surface area contributed by atoms with Crippen LogP contribution in [-0.2, 0) is 4.79 Å². The van der Waals surface area contributed by atoms with Crippen molar-refractivity contribution in [3.05, 3.63) is 12.7 Å². The van der Waals surface area contributed by atoms with Crippen LogP contribution in [0.15, 0.2) is 12.7 Å². The summed E-state index contributed by atoms with van der Waals surface area (Å²) in [5.41, 5.74) is 0. The van der Waals surface area contributed by atoms with Crippen LogP contribution in [0.5, 0.6) is 0 Å². The van der Waals surface area contributed by atoms with Gasteiger partial charge in [-0.25, -0.2) is 8.78 Å². The van der Waals surface area contributed by atoms with Crippen LogP contribution >= 0.6 is 0 Å². The molecule has 0 aliphatic carbocycles. The molecule has 0 aliphatic rings. The zero-order valence-corrected chi connectivity index (χ0v) is 6.85. The second-order valence-electron chi connectivity index (χ2n) is 2.38.